The van der Waals surface area contributed by atoms with Gasteiger partial charge >= 0.3 is 0 Å². The van der Waals surface area contributed by atoms with E-state index < -0.39 is 12.3 Å². The van der Waals surface area contributed by atoms with Crippen LogP contribution in [0.3, 0.4) is 0 Å². The minimum absolute atomic E-state index is 0.405. The first-order chi connectivity index (χ1) is 9.15. The smallest absolute Gasteiger partial charge is 0.243 e. The number of aryl methyl sites for hydroxylation is 1. The van der Waals surface area contributed by atoms with Gasteiger partial charge in [-0.3, -0.25) is 0 Å². The maximum Gasteiger partial charge on any atom is 0.243 e. The van der Waals surface area contributed by atoms with Crippen LogP contribution in [-0.2, 0) is 0 Å². The molecule has 0 radical (unpaired) electrons. The zero-order valence-corrected chi connectivity index (χ0v) is 10.8. The quantitative estimate of drug-likeness (QED) is 0.821. The first-order valence-electron chi connectivity index (χ1n) is 6.53. The van der Waals surface area contributed by atoms with Gasteiger partial charge in [0.05, 0.1) is 0 Å². The zero-order valence-electron chi connectivity index (χ0n) is 10.8. The summed E-state index contributed by atoms with van der Waals surface area (Å²) in [7, 11) is 0. The van der Waals surface area contributed by atoms with Crippen LogP contribution in [0.5, 0.6) is 0 Å². The molecule has 1 aromatic carbocycles. The van der Waals surface area contributed by atoms with Gasteiger partial charge < -0.3 is 4.90 Å². The van der Waals surface area contributed by atoms with Crippen LogP contribution in [0.25, 0.3) is 10.8 Å². The van der Waals surface area contributed by atoms with Crippen LogP contribution in [0.4, 0.5) is 14.6 Å². The van der Waals surface area contributed by atoms with E-state index in [1.807, 2.05) is 42.3 Å². The molecule has 0 N–H and O–H groups in total. The number of nitrogens with zero attached hydrogens (tertiary/aromatic N) is 2. The van der Waals surface area contributed by atoms with Crippen molar-refractivity contribution in [3.63, 3.8) is 0 Å². The van der Waals surface area contributed by atoms with Crippen LogP contribution < -0.4 is 4.90 Å². The van der Waals surface area contributed by atoms with Crippen LogP contribution in [-0.4, -0.2) is 24.5 Å². The molecule has 2 aromatic rings. The Hall–Kier alpha value is -1.71. The SMILES string of the molecule is Cc1cccc2cc(N3CCC(C(F)F)C3)ncc12. The highest BCUT2D eigenvalue weighted by molar-refractivity contribution is 5.86. The second kappa shape index (κ2) is 4.76. The fourth-order valence-corrected chi connectivity index (χ4v) is 2.69. The number of alkyl halides is 2. The fraction of sp³-hybridized carbons (Fsp3) is 0.400. The number of aromatic nitrogens is 1. The van der Waals surface area contributed by atoms with Gasteiger partial charge in [0.1, 0.15) is 5.82 Å². The Labute approximate surface area is 111 Å². The van der Waals surface area contributed by atoms with Crippen LogP contribution in [0.1, 0.15) is 12.0 Å². The average molecular weight is 262 g/mol. The molecule has 1 aliphatic rings. The molecule has 2 nitrogen and oxygen atoms in total. The van der Waals surface area contributed by atoms with E-state index in [-0.39, 0.29) is 0 Å². The average Bonchev–Trinajstić information content (AvgIpc) is 2.88. The van der Waals surface area contributed by atoms with Crippen molar-refractivity contribution in [2.75, 3.05) is 18.0 Å². The monoisotopic (exact) mass is 262 g/mol. The third kappa shape index (κ3) is 2.27. The van der Waals surface area contributed by atoms with E-state index in [0.717, 1.165) is 16.6 Å². The van der Waals surface area contributed by atoms with Gasteiger partial charge in [-0.1, -0.05) is 18.2 Å². The van der Waals surface area contributed by atoms with E-state index in [9.17, 15) is 8.78 Å². The van der Waals surface area contributed by atoms with Gasteiger partial charge in [-0.2, -0.15) is 0 Å². The summed E-state index contributed by atoms with van der Waals surface area (Å²) in [4.78, 5) is 6.38. The Kier molecular flexibility index (Phi) is 3.09. The molecule has 3 rings (SSSR count). The number of hydrogen-bond donors (Lipinski definition) is 0. The van der Waals surface area contributed by atoms with Gasteiger partial charge in [0.2, 0.25) is 6.43 Å². The summed E-state index contributed by atoms with van der Waals surface area (Å²) in [6.45, 7) is 3.12. The summed E-state index contributed by atoms with van der Waals surface area (Å²) in [5.74, 6) is 0.288. The maximum absolute atomic E-state index is 12.7. The van der Waals surface area contributed by atoms with Crippen molar-refractivity contribution in [1.82, 2.24) is 4.98 Å². The van der Waals surface area contributed by atoms with Gasteiger partial charge in [-0.25, -0.2) is 13.8 Å². The normalized spacial score (nSPS) is 19.6. The van der Waals surface area contributed by atoms with E-state index in [0.29, 0.717) is 19.5 Å². The first kappa shape index (κ1) is 12.3. The van der Waals surface area contributed by atoms with Gasteiger partial charge in [0.25, 0.3) is 0 Å². The number of fused-ring (bicyclic) bond motifs is 1. The molecule has 0 saturated carbocycles. The molecule has 4 heteroatoms. The molecule has 1 aliphatic heterocycles. The molecule has 100 valence electrons. The third-order valence-electron chi connectivity index (χ3n) is 3.87. The molecular formula is C15H16F2N2. The molecule has 19 heavy (non-hydrogen) atoms. The van der Waals surface area contributed by atoms with Crippen molar-refractivity contribution in [3.8, 4) is 0 Å². The molecule has 2 heterocycles. The summed E-state index contributed by atoms with van der Waals surface area (Å²) >= 11 is 0. The Balaban J connectivity index is 1.90. The molecule has 1 saturated heterocycles. The lowest BCUT2D eigenvalue weighted by Gasteiger charge is -2.18. The Bertz CT molecular complexity index is 598. The molecule has 0 spiro atoms. The topological polar surface area (TPSA) is 16.1 Å². The molecule has 0 bridgehead atoms. The highest BCUT2D eigenvalue weighted by Gasteiger charge is 2.30. The highest BCUT2D eigenvalue weighted by Crippen LogP contribution is 2.28. The lowest BCUT2D eigenvalue weighted by molar-refractivity contribution is 0.0880. The van der Waals surface area contributed by atoms with E-state index >= 15 is 0 Å². The number of anilines is 1. The standard InChI is InChI=1S/C15H16F2N2/c1-10-3-2-4-11-7-14(18-8-13(10)11)19-6-5-12(9-19)15(16)17/h2-4,7-8,12,15H,5-6,9H2,1H3. The lowest BCUT2D eigenvalue weighted by Crippen LogP contribution is -2.22. The molecule has 1 atom stereocenters. The van der Waals surface area contributed by atoms with Crippen LogP contribution >= 0.6 is 0 Å². The van der Waals surface area contributed by atoms with E-state index in [2.05, 4.69) is 4.98 Å². The zero-order chi connectivity index (χ0) is 13.4. The minimum atomic E-state index is -2.23. The molecule has 0 amide bonds. The van der Waals surface area contributed by atoms with Crippen molar-refractivity contribution < 1.29 is 8.78 Å². The number of rotatable bonds is 2. The fourth-order valence-electron chi connectivity index (χ4n) is 2.69. The summed E-state index contributed by atoms with van der Waals surface area (Å²) < 4.78 is 25.4. The second-order valence-electron chi connectivity index (χ2n) is 5.17. The maximum atomic E-state index is 12.7. The molecule has 1 fully saturated rings. The molecular weight excluding hydrogens is 246 g/mol. The summed E-state index contributed by atoms with van der Waals surface area (Å²) in [5, 5.41) is 2.24. The lowest BCUT2D eigenvalue weighted by atomic mass is 10.1. The van der Waals surface area contributed by atoms with Crippen LogP contribution in [0.2, 0.25) is 0 Å². The van der Waals surface area contributed by atoms with Gasteiger partial charge in [0.15, 0.2) is 0 Å². The van der Waals surface area contributed by atoms with E-state index in [1.54, 1.807) is 0 Å². The van der Waals surface area contributed by atoms with Gasteiger partial charge in [0, 0.05) is 30.6 Å². The largest absolute Gasteiger partial charge is 0.356 e. The minimum Gasteiger partial charge on any atom is -0.356 e. The van der Waals surface area contributed by atoms with Gasteiger partial charge in [-0.05, 0) is 30.4 Å². The Morgan fingerprint density at radius 2 is 2.21 bits per heavy atom. The van der Waals surface area contributed by atoms with Gasteiger partial charge in [-0.15, -0.1) is 0 Å². The Morgan fingerprint density at radius 3 is 2.95 bits per heavy atom. The number of halogens is 2. The van der Waals surface area contributed by atoms with Crippen LogP contribution in [0.15, 0.2) is 30.5 Å². The van der Waals surface area contributed by atoms with Crippen molar-refractivity contribution in [2.45, 2.75) is 19.8 Å². The number of pyridine rings is 1. The highest BCUT2D eigenvalue weighted by atomic mass is 19.3. The van der Waals surface area contributed by atoms with Crippen molar-refractivity contribution in [2.24, 2.45) is 5.92 Å². The third-order valence-corrected chi connectivity index (χ3v) is 3.87. The predicted octanol–water partition coefficient (Wildman–Crippen LogP) is 3.63. The second-order valence-corrected chi connectivity index (χ2v) is 5.17. The molecule has 1 aromatic heterocycles. The number of hydrogen-bond acceptors (Lipinski definition) is 2. The van der Waals surface area contributed by atoms with Crippen LogP contribution in [0, 0.1) is 12.8 Å². The molecule has 1 unspecified atom stereocenters. The van der Waals surface area contributed by atoms with Crippen molar-refractivity contribution in [3.05, 3.63) is 36.0 Å². The summed E-state index contributed by atoms with van der Waals surface area (Å²) in [6.07, 6.45) is 0.161. The molecule has 0 aliphatic carbocycles. The van der Waals surface area contributed by atoms with E-state index in [4.69, 9.17) is 0 Å². The summed E-state index contributed by atoms with van der Waals surface area (Å²) in [5.41, 5.74) is 1.18. The predicted molar refractivity (Wildman–Crippen MR) is 72.8 cm³/mol. The summed E-state index contributed by atoms with van der Waals surface area (Å²) in [6, 6.07) is 8.09. The van der Waals surface area contributed by atoms with Crippen molar-refractivity contribution >= 4 is 16.6 Å². The van der Waals surface area contributed by atoms with E-state index in [1.165, 1.54) is 5.56 Å². The first-order valence-corrected chi connectivity index (χ1v) is 6.53. The Morgan fingerprint density at radius 1 is 1.37 bits per heavy atom. The number of benzene rings is 1. The van der Waals surface area contributed by atoms with Crippen molar-refractivity contribution in [1.29, 1.82) is 0 Å².